The van der Waals surface area contributed by atoms with Crippen molar-refractivity contribution in [2.45, 2.75) is 77.5 Å². The van der Waals surface area contributed by atoms with E-state index in [1.165, 1.54) is 18.6 Å². The molecule has 5 nitrogen and oxygen atoms in total. The van der Waals surface area contributed by atoms with Crippen LogP contribution in [0.25, 0.3) is 11.1 Å². The van der Waals surface area contributed by atoms with E-state index < -0.39 is 0 Å². The molecule has 1 saturated carbocycles. The molecule has 4 aromatic rings. The van der Waals surface area contributed by atoms with E-state index >= 15 is 0 Å². The van der Waals surface area contributed by atoms with Gasteiger partial charge in [0, 0.05) is 36.1 Å². The van der Waals surface area contributed by atoms with Crippen molar-refractivity contribution in [3.63, 3.8) is 0 Å². The zero-order valence-corrected chi connectivity index (χ0v) is 25.3. The third-order valence-corrected chi connectivity index (χ3v) is 8.79. The maximum absolute atomic E-state index is 14.2. The smallest absolute Gasteiger partial charge is 0.254 e. The lowest BCUT2D eigenvalue weighted by Gasteiger charge is -2.37. The van der Waals surface area contributed by atoms with E-state index in [4.69, 9.17) is 0 Å². The molecule has 43 heavy (non-hydrogen) atoms. The number of hydrogen-bond acceptors (Lipinski definition) is 2. The molecule has 0 spiro atoms. The van der Waals surface area contributed by atoms with Crippen LogP contribution in [0.1, 0.15) is 74.0 Å². The number of amides is 2. The van der Waals surface area contributed by atoms with Crippen molar-refractivity contribution in [1.82, 2.24) is 14.4 Å². The molecule has 0 unspecified atom stereocenters. The quantitative estimate of drug-likeness (QED) is 0.181. The van der Waals surface area contributed by atoms with E-state index in [2.05, 4.69) is 29.7 Å². The number of halogens is 1. The second-order valence-electron chi connectivity index (χ2n) is 11.7. The number of nitrogens with zero attached hydrogens (tertiary/aromatic N) is 3. The van der Waals surface area contributed by atoms with Crippen LogP contribution < -0.4 is 0 Å². The molecule has 5 rings (SSSR count). The first-order chi connectivity index (χ1) is 20.9. The monoisotopic (exact) mass is 579 g/mol. The van der Waals surface area contributed by atoms with Crippen molar-refractivity contribution >= 4 is 11.8 Å². The van der Waals surface area contributed by atoms with E-state index in [9.17, 15) is 14.0 Å². The van der Waals surface area contributed by atoms with Gasteiger partial charge in [-0.1, -0.05) is 80.8 Å². The zero-order chi connectivity index (χ0) is 30.2. The highest BCUT2D eigenvalue weighted by atomic mass is 19.1. The normalized spacial score (nSPS) is 14.3. The van der Waals surface area contributed by atoms with Crippen molar-refractivity contribution in [3.05, 3.63) is 120 Å². The van der Waals surface area contributed by atoms with Crippen LogP contribution in [0, 0.1) is 5.82 Å². The number of rotatable bonds is 11. The first kappa shape index (κ1) is 30.3. The molecule has 0 N–H and O–H groups in total. The van der Waals surface area contributed by atoms with Crippen LogP contribution in [-0.2, 0) is 17.9 Å². The van der Waals surface area contributed by atoms with Gasteiger partial charge < -0.3 is 14.4 Å². The van der Waals surface area contributed by atoms with Crippen LogP contribution >= 0.6 is 0 Å². The second-order valence-corrected chi connectivity index (χ2v) is 11.7. The van der Waals surface area contributed by atoms with Gasteiger partial charge in [-0.05, 0) is 79.3 Å². The van der Waals surface area contributed by atoms with Crippen molar-refractivity contribution in [2.75, 3.05) is 6.54 Å². The minimum absolute atomic E-state index is 0.0176. The van der Waals surface area contributed by atoms with Crippen LogP contribution in [0.3, 0.4) is 0 Å². The summed E-state index contributed by atoms with van der Waals surface area (Å²) in [6.45, 7) is 5.19. The van der Waals surface area contributed by atoms with Gasteiger partial charge in [0.05, 0.1) is 6.54 Å². The lowest BCUT2D eigenvalue weighted by Crippen LogP contribution is -2.49. The van der Waals surface area contributed by atoms with Crippen molar-refractivity contribution in [3.8, 4) is 11.1 Å². The fourth-order valence-corrected chi connectivity index (χ4v) is 6.01. The van der Waals surface area contributed by atoms with Crippen LogP contribution in [0.4, 0.5) is 4.39 Å². The van der Waals surface area contributed by atoms with E-state index in [1.807, 2.05) is 66.6 Å². The Morgan fingerprint density at radius 2 is 1.53 bits per heavy atom. The highest BCUT2D eigenvalue weighted by molar-refractivity contribution is 5.97. The molecule has 6 heteroatoms. The van der Waals surface area contributed by atoms with Crippen molar-refractivity contribution < 1.29 is 14.0 Å². The Labute approximate surface area is 254 Å². The molecule has 0 radical (unpaired) electrons. The van der Waals surface area contributed by atoms with Gasteiger partial charge in [-0.25, -0.2) is 4.39 Å². The maximum Gasteiger partial charge on any atom is 0.254 e. The largest absolute Gasteiger partial charge is 0.345 e. The van der Waals surface area contributed by atoms with E-state index in [0.29, 0.717) is 18.7 Å². The lowest BCUT2D eigenvalue weighted by molar-refractivity contribution is -0.136. The zero-order valence-electron chi connectivity index (χ0n) is 25.3. The SMILES string of the molecule is CC[C@@H](C)N(CC(=O)N(Cc1cccn1Cc1ccc(F)cc1)C1CCCCC1)C(=O)c1ccc(-c2ccccc2)cc1. The molecular weight excluding hydrogens is 537 g/mol. The number of hydrogen-bond donors (Lipinski definition) is 0. The van der Waals surface area contributed by atoms with Crippen LogP contribution in [-0.4, -0.2) is 44.8 Å². The lowest BCUT2D eigenvalue weighted by atomic mass is 9.94. The second kappa shape index (κ2) is 14.3. The molecule has 1 heterocycles. The van der Waals surface area contributed by atoms with Gasteiger partial charge in [-0.15, -0.1) is 0 Å². The van der Waals surface area contributed by atoms with Gasteiger partial charge in [0.2, 0.25) is 5.91 Å². The Hall–Kier alpha value is -4.19. The van der Waals surface area contributed by atoms with Crippen molar-refractivity contribution in [2.24, 2.45) is 0 Å². The van der Waals surface area contributed by atoms with Gasteiger partial charge in [-0.3, -0.25) is 9.59 Å². The average Bonchev–Trinajstić information content (AvgIpc) is 3.50. The summed E-state index contributed by atoms with van der Waals surface area (Å²) in [6, 6.07) is 28.4. The predicted molar refractivity (Wildman–Crippen MR) is 170 cm³/mol. The molecule has 2 amide bonds. The van der Waals surface area contributed by atoms with Crippen LogP contribution in [0.15, 0.2) is 97.2 Å². The van der Waals surface area contributed by atoms with Crippen LogP contribution in [0.2, 0.25) is 0 Å². The summed E-state index contributed by atoms with van der Waals surface area (Å²) in [6.07, 6.45) is 8.11. The summed E-state index contributed by atoms with van der Waals surface area (Å²) in [5, 5.41) is 0. The molecule has 1 fully saturated rings. The summed E-state index contributed by atoms with van der Waals surface area (Å²) < 4.78 is 15.6. The molecule has 0 bridgehead atoms. The Bertz CT molecular complexity index is 1470. The van der Waals surface area contributed by atoms with Gasteiger partial charge in [0.25, 0.3) is 5.91 Å². The first-order valence-corrected chi connectivity index (χ1v) is 15.6. The van der Waals surface area contributed by atoms with E-state index in [1.54, 1.807) is 17.0 Å². The minimum Gasteiger partial charge on any atom is -0.345 e. The highest BCUT2D eigenvalue weighted by Crippen LogP contribution is 2.26. The fraction of sp³-hybridized carbons (Fsp3) is 0.351. The Kier molecular flexibility index (Phi) is 10.1. The number of carbonyl (C=O) groups excluding carboxylic acids is 2. The Morgan fingerprint density at radius 1 is 0.860 bits per heavy atom. The highest BCUT2D eigenvalue weighted by Gasteiger charge is 2.30. The summed E-state index contributed by atoms with van der Waals surface area (Å²) >= 11 is 0. The van der Waals surface area contributed by atoms with Gasteiger partial charge >= 0.3 is 0 Å². The average molecular weight is 580 g/mol. The topological polar surface area (TPSA) is 45.6 Å². The molecule has 1 aromatic heterocycles. The molecule has 224 valence electrons. The minimum atomic E-state index is -0.252. The van der Waals surface area contributed by atoms with Gasteiger partial charge in [0.1, 0.15) is 12.4 Å². The number of aromatic nitrogens is 1. The fourth-order valence-electron chi connectivity index (χ4n) is 6.01. The summed E-state index contributed by atoms with van der Waals surface area (Å²) in [4.78, 5) is 31.8. The Morgan fingerprint density at radius 3 is 2.21 bits per heavy atom. The third kappa shape index (κ3) is 7.61. The molecule has 0 aliphatic heterocycles. The summed E-state index contributed by atoms with van der Waals surface area (Å²) in [5.41, 5.74) is 4.77. The number of carbonyl (C=O) groups is 2. The maximum atomic E-state index is 14.2. The molecule has 3 aromatic carbocycles. The Balaban J connectivity index is 1.35. The molecule has 0 saturated heterocycles. The predicted octanol–water partition coefficient (Wildman–Crippen LogP) is 7.94. The van der Waals surface area contributed by atoms with Gasteiger partial charge in [0.15, 0.2) is 0 Å². The molecule has 1 aliphatic rings. The summed E-state index contributed by atoms with van der Waals surface area (Å²) in [7, 11) is 0. The van der Waals surface area contributed by atoms with Crippen LogP contribution in [0.5, 0.6) is 0 Å². The van der Waals surface area contributed by atoms with E-state index in [-0.39, 0.29) is 36.3 Å². The molecular formula is C37H42FN3O2. The van der Waals surface area contributed by atoms with Gasteiger partial charge in [-0.2, -0.15) is 0 Å². The molecule has 1 atom stereocenters. The molecule has 1 aliphatic carbocycles. The summed E-state index contributed by atoms with van der Waals surface area (Å²) in [5.74, 6) is -0.389. The van der Waals surface area contributed by atoms with Crippen molar-refractivity contribution in [1.29, 1.82) is 0 Å². The van der Waals surface area contributed by atoms with E-state index in [0.717, 1.165) is 54.5 Å². The number of benzene rings is 3. The first-order valence-electron chi connectivity index (χ1n) is 15.6. The third-order valence-electron chi connectivity index (χ3n) is 8.79. The standard InChI is InChI=1S/C37H42FN3O2/c1-3-28(2)40(37(43)32-20-18-31(19-21-32)30-11-6-4-7-12-30)27-36(42)41(34-13-8-5-9-14-34)26-35-15-10-24-39(35)25-29-16-22-33(38)23-17-29/h4,6-7,10-12,15-24,28,34H,3,5,8-9,13-14,25-27H2,1-2H3/t28-/m1/s1.